The monoisotopic (exact) mass is 481 g/mol. The molecule has 34 heavy (non-hydrogen) atoms. The maximum atomic E-state index is 13.0. The topological polar surface area (TPSA) is 127 Å². The van der Waals surface area contributed by atoms with Gasteiger partial charge in [-0.15, -0.1) is 0 Å². The van der Waals surface area contributed by atoms with Crippen LogP contribution in [0.4, 0.5) is 11.4 Å². The van der Waals surface area contributed by atoms with Crippen molar-refractivity contribution in [2.45, 2.75) is 11.8 Å². The number of rotatable bonds is 10. The molecule has 0 aliphatic carbocycles. The summed E-state index contributed by atoms with van der Waals surface area (Å²) in [7, 11) is -2.67. The van der Waals surface area contributed by atoms with Crippen molar-refractivity contribution >= 4 is 27.3 Å². The molecule has 1 amide bonds. The van der Waals surface area contributed by atoms with Crippen LogP contribution >= 0.6 is 0 Å². The van der Waals surface area contributed by atoms with Crippen molar-refractivity contribution in [1.82, 2.24) is 0 Å². The van der Waals surface area contributed by atoms with Crippen molar-refractivity contribution in [3.63, 3.8) is 0 Å². The maximum absolute atomic E-state index is 13.0. The van der Waals surface area contributed by atoms with E-state index in [2.05, 4.69) is 10.0 Å². The molecule has 0 spiro atoms. The Morgan fingerprint density at radius 2 is 1.56 bits per heavy atom. The number of hydrogen-bond acceptors (Lipinski definition) is 7. The summed E-state index contributed by atoms with van der Waals surface area (Å²) in [6.45, 7) is 2.05. The van der Waals surface area contributed by atoms with Crippen LogP contribution in [0.1, 0.15) is 12.5 Å². The van der Waals surface area contributed by atoms with E-state index in [9.17, 15) is 13.2 Å². The molecule has 3 aromatic carbocycles. The lowest BCUT2D eigenvalue weighted by atomic mass is 10.2. The zero-order valence-corrected chi connectivity index (χ0v) is 19.4. The van der Waals surface area contributed by atoms with E-state index < -0.39 is 15.9 Å². The van der Waals surface area contributed by atoms with Crippen molar-refractivity contribution < 1.29 is 27.4 Å². The summed E-state index contributed by atoms with van der Waals surface area (Å²) in [6.07, 6.45) is 0. The lowest BCUT2D eigenvalue weighted by Crippen LogP contribution is -2.21. The average Bonchev–Trinajstić information content (AvgIpc) is 2.84. The summed E-state index contributed by atoms with van der Waals surface area (Å²) >= 11 is 0. The highest BCUT2D eigenvalue weighted by atomic mass is 32.2. The highest BCUT2D eigenvalue weighted by molar-refractivity contribution is 7.92. The second-order valence-electron chi connectivity index (χ2n) is 6.90. The summed E-state index contributed by atoms with van der Waals surface area (Å²) in [6, 6.07) is 19.1. The Labute approximate surface area is 197 Å². The minimum atomic E-state index is -4.03. The van der Waals surface area contributed by atoms with Gasteiger partial charge in [-0.3, -0.25) is 9.52 Å². The molecular formula is C24H23N3O6S. The van der Waals surface area contributed by atoms with Crippen LogP contribution in [-0.2, 0) is 14.8 Å². The largest absolute Gasteiger partial charge is 0.495 e. The molecule has 9 nitrogen and oxygen atoms in total. The second-order valence-corrected chi connectivity index (χ2v) is 8.55. The number of nitriles is 1. The molecule has 3 rings (SSSR count). The number of carbonyl (C=O) groups is 1. The second kappa shape index (κ2) is 11.1. The van der Waals surface area contributed by atoms with Crippen LogP contribution in [0, 0.1) is 11.3 Å². The van der Waals surface area contributed by atoms with E-state index >= 15 is 0 Å². The third kappa shape index (κ3) is 6.40. The number of amides is 1. The summed E-state index contributed by atoms with van der Waals surface area (Å²) in [5.41, 5.74) is 1.07. The van der Waals surface area contributed by atoms with E-state index in [-0.39, 0.29) is 22.9 Å². The van der Waals surface area contributed by atoms with Crippen molar-refractivity contribution in [3.8, 4) is 23.3 Å². The predicted octanol–water partition coefficient (Wildman–Crippen LogP) is 3.78. The smallest absolute Gasteiger partial charge is 0.265 e. The molecule has 0 radical (unpaired) electrons. The summed E-state index contributed by atoms with van der Waals surface area (Å²) < 4.78 is 44.5. The number of carbonyl (C=O) groups excluding carboxylic acids is 1. The quantitative estimate of drug-likeness (QED) is 0.451. The van der Waals surface area contributed by atoms with E-state index in [1.54, 1.807) is 48.5 Å². The fraction of sp³-hybridized carbons (Fsp3) is 0.167. The zero-order chi connectivity index (χ0) is 24.6. The lowest BCUT2D eigenvalue weighted by Gasteiger charge is -2.14. The molecule has 0 saturated heterocycles. The number of sulfonamides is 1. The number of anilines is 2. The van der Waals surface area contributed by atoms with Crippen molar-refractivity contribution in [1.29, 1.82) is 5.26 Å². The van der Waals surface area contributed by atoms with Crippen LogP contribution in [0.25, 0.3) is 0 Å². The predicted molar refractivity (Wildman–Crippen MR) is 127 cm³/mol. The zero-order valence-electron chi connectivity index (χ0n) is 18.6. The fourth-order valence-electron chi connectivity index (χ4n) is 2.93. The van der Waals surface area contributed by atoms with Gasteiger partial charge in [0, 0.05) is 11.4 Å². The van der Waals surface area contributed by atoms with Gasteiger partial charge in [0.15, 0.2) is 6.61 Å². The van der Waals surface area contributed by atoms with Crippen molar-refractivity contribution in [3.05, 3.63) is 72.3 Å². The highest BCUT2D eigenvalue weighted by Gasteiger charge is 2.21. The minimum Gasteiger partial charge on any atom is -0.495 e. The van der Waals surface area contributed by atoms with Crippen LogP contribution in [0.15, 0.2) is 71.6 Å². The fourth-order valence-corrected chi connectivity index (χ4v) is 4.19. The van der Waals surface area contributed by atoms with E-state index in [4.69, 9.17) is 19.5 Å². The third-order valence-corrected chi connectivity index (χ3v) is 5.91. The normalized spacial score (nSPS) is 10.6. The van der Waals surface area contributed by atoms with E-state index in [0.717, 1.165) is 0 Å². The molecule has 0 aliphatic heterocycles. The van der Waals surface area contributed by atoms with Crippen LogP contribution in [0.5, 0.6) is 17.2 Å². The molecule has 10 heteroatoms. The molecular weight excluding hydrogens is 458 g/mol. The number of nitrogens with one attached hydrogen (secondary N) is 2. The highest BCUT2D eigenvalue weighted by Crippen LogP contribution is 2.29. The Morgan fingerprint density at radius 3 is 2.18 bits per heavy atom. The number of methoxy groups -OCH3 is 1. The molecule has 0 unspecified atom stereocenters. The molecule has 2 N–H and O–H groups in total. The van der Waals surface area contributed by atoms with Crippen LogP contribution in [0.2, 0.25) is 0 Å². The van der Waals surface area contributed by atoms with Crippen LogP contribution in [-0.4, -0.2) is 34.6 Å². The Balaban J connectivity index is 1.71. The first-order chi connectivity index (χ1) is 16.3. The third-order valence-electron chi connectivity index (χ3n) is 4.51. The van der Waals surface area contributed by atoms with E-state index in [1.807, 2.05) is 13.0 Å². The van der Waals surface area contributed by atoms with Gasteiger partial charge in [0.1, 0.15) is 22.1 Å². The average molecular weight is 482 g/mol. The van der Waals surface area contributed by atoms with Gasteiger partial charge in [0.25, 0.3) is 15.9 Å². The van der Waals surface area contributed by atoms with Crippen molar-refractivity contribution in [2.24, 2.45) is 0 Å². The van der Waals surface area contributed by atoms with Gasteiger partial charge in [-0.05, 0) is 73.7 Å². The first kappa shape index (κ1) is 24.4. The van der Waals surface area contributed by atoms with Crippen molar-refractivity contribution in [2.75, 3.05) is 30.4 Å². The number of benzene rings is 3. The molecule has 0 atom stereocenters. The van der Waals surface area contributed by atoms with E-state index in [1.165, 1.54) is 25.3 Å². The first-order valence-electron chi connectivity index (χ1n) is 10.2. The van der Waals surface area contributed by atoms with Gasteiger partial charge >= 0.3 is 0 Å². The van der Waals surface area contributed by atoms with Crippen LogP contribution < -0.4 is 24.2 Å². The van der Waals surface area contributed by atoms with Crippen LogP contribution in [0.3, 0.4) is 0 Å². The molecule has 0 bridgehead atoms. The van der Waals surface area contributed by atoms with Gasteiger partial charge < -0.3 is 19.5 Å². The molecule has 0 saturated carbocycles. The van der Waals surface area contributed by atoms with Gasteiger partial charge in [0.2, 0.25) is 0 Å². The molecule has 0 aliphatic rings. The van der Waals surface area contributed by atoms with E-state index in [0.29, 0.717) is 29.4 Å². The Kier molecular flexibility index (Phi) is 7.95. The Morgan fingerprint density at radius 1 is 0.941 bits per heavy atom. The summed E-state index contributed by atoms with van der Waals surface area (Å²) in [5, 5.41) is 11.4. The Bertz CT molecular complexity index is 1280. The summed E-state index contributed by atoms with van der Waals surface area (Å²) in [5.74, 6) is 0.672. The first-order valence-corrected chi connectivity index (χ1v) is 11.7. The van der Waals surface area contributed by atoms with Gasteiger partial charge in [-0.1, -0.05) is 0 Å². The lowest BCUT2D eigenvalue weighted by molar-refractivity contribution is -0.118. The number of nitrogens with zero attached hydrogens (tertiary/aromatic N) is 1. The number of ether oxygens (including phenoxy) is 3. The molecule has 0 heterocycles. The molecule has 176 valence electrons. The molecule has 0 fully saturated rings. The van der Waals surface area contributed by atoms with Gasteiger partial charge in [-0.2, -0.15) is 5.26 Å². The summed E-state index contributed by atoms with van der Waals surface area (Å²) in [4.78, 5) is 12.2. The maximum Gasteiger partial charge on any atom is 0.265 e. The van der Waals surface area contributed by atoms with Gasteiger partial charge in [-0.25, -0.2) is 8.42 Å². The SMILES string of the molecule is CCOc1ccc(NS(=O)(=O)c2cc(NC(=O)COc3ccc(C#N)cc3)ccc2OC)cc1. The standard InChI is InChI=1S/C24H23N3O6S/c1-3-32-20-11-6-18(7-12-20)27-34(29,30)23-14-19(8-13-22(23)31-2)26-24(28)16-33-21-9-4-17(15-25)5-10-21/h4-14,27H,3,16H2,1-2H3,(H,26,28). The Hall–Kier alpha value is -4.23. The molecule has 3 aromatic rings. The van der Waals surface area contributed by atoms with Gasteiger partial charge in [0.05, 0.1) is 25.3 Å². The number of hydrogen-bond donors (Lipinski definition) is 2. The molecule has 0 aromatic heterocycles. The minimum absolute atomic E-state index is 0.116.